The smallest absolute Gasteiger partial charge is 0.238 e. The normalized spacial score (nSPS) is 11.4. The molecule has 0 fully saturated rings. The van der Waals surface area contributed by atoms with Crippen LogP contribution < -0.4 is 9.88 Å². The van der Waals surface area contributed by atoms with Gasteiger partial charge in [-0.25, -0.2) is 13.6 Å². The third-order valence-electron chi connectivity index (χ3n) is 4.82. The van der Waals surface area contributed by atoms with Gasteiger partial charge in [-0.2, -0.15) is 0 Å². The fourth-order valence-electron chi connectivity index (χ4n) is 3.24. The third kappa shape index (κ3) is 3.98. The van der Waals surface area contributed by atoms with Crippen LogP contribution in [0.25, 0.3) is 33.7 Å². The van der Waals surface area contributed by atoms with Crippen LogP contribution in [0.1, 0.15) is 5.56 Å². The first kappa shape index (κ1) is 19.9. The van der Waals surface area contributed by atoms with Gasteiger partial charge in [0.2, 0.25) is 10.0 Å². The van der Waals surface area contributed by atoms with Crippen molar-refractivity contribution in [1.82, 2.24) is 5.16 Å². The van der Waals surface area contributed by atoms with Gasteiger partial charge in [0, 0.05) is 22.8 Å². The Balaban J connectivity index is 1.65. The van der Waals surface area contributed by atoms with Crippen LogP contribution in [0.2, 0.25) is 0 Å². The van der Waals surface area contributed by atoms with Gasteiger partial charge in [0.05, 0.1) is 12.0 Å². The predicted molar refractivity (Wildman–Crippen MR) is 115 cm³/mol. The number of methoxy groups -OCH3 is 1. The zero-order valence-electron chi connectivity index (χ0n) is 16.5. The van der Waals surface area contributed by atoms with Crippen LogP contribution in [0, 0.1) is 6.92 Å². The van der Waals surface area contributed by atoms with Crippen LogP contribution in [0.4, 0.5) is 0 Å². The zero-order valence-corrected chi connectivity index (χ0v) is 17.3. The minimum Gasteiger partial charge on any atom is -0.497 e. The lowest BCUT2D eigenvalue weighted by Crippen LogP contribution is -2.13. The Labute approximate surface area is 175 Å². The van der Waals surface area contributed by atoms with Crippen molar-refractivity contribution in [3.63, 3.8) is 0 Å². The van der Waals surface area contributed by atoms with E-state index < -0.39 is 10.0 Å². The summed E-state index contributed by atoms with van der Waals surface area (Å²) in [5.74, 6) is 1.39. The molecule has 4 rings (SSSR count). The first-order valence-electron chi connectivity index (χ1n) is 9.20. The van der Waals surface area contributed by atoms with Gasteiger partial charge < -0.3 is 9.26 Å². The third-order valence-corrected chi connectivity index (χ3v) is 5.79. The van der Waals surface area contributed by atoms with Gasteiger partial charge in [-0.1, -0.05) is 47.1 Å². The van der Waals surface area contributed by atoms with Crippen LogP contribution in [0.5, 0.6) is 5.75 Å². The minimum atomic E-state index is -3.83. The summed E-state index contributed by atoms with van der Waals surface area (Å²) in [7, 11) is -2.21. The number of nitrogens with zero attached hydrogens (tertiary/aromatic N) is 1. The van der Waals surface area contributed by atoms with Crippen molar-refractivity contribution in [1.29, 1.82) is 0 Å². The molecule has 0 atom stereocenters. The van der Waals surface area contributed by atoms with Crippen LogP contribution in [-0.2, 0) is 10.0 Å². The molecule has 152 valence electrons. The number of aryl methyl sites for hydroxylation is 1. The molecule has 1 heterocycles. The highest BCUT2D eigenvalue weighted by Crippen LogP contribution is 2.31. The highest BCUT2D eigenvalue weighted by molar-refractivity contribution is 7.89. The molecule has 1 aromatic heterocycles. The molecule has 3 aromatic carbocycles. The molecule has 0 aliphatic rings. The molecule has 7 heteroatoms. The van der Waals surface area contributed by atoms with Gasteiger partial charge in [-0.3, -0.25) is 0 Å². The number of hydrogen-bond acceptors (Lipinski definition) is 5. The lowest BCUT2D eigenvalue weighted by Gasteiger charge is -2.09. The standard InChI is InChI=1S/C23H20N2O4S/c1-15-3-12-23(30(24,26)27)20(13-15)16-4-6-18(7-5-16)22-14-21(25-29-22)17-8-10-19(28-2)11-9-17/h3-14H,1-2H3,(H2,24,26,27). The number of benzene rings is 3. The second-order valence-electron chi connectivity index (χ2n) is 6.93. The summed E-state index contributed by atoms with van der Waals surface area (Å²) in [4.78, 5) is 0.0994. The van der Waals surface area contributed by atoms with Crippen molar-refractivity contribution in [2.45, 2.75) is 11.8 Å². The Morgan fingerprint density at radius 1 is 0.867 bits per heavy atom. The zero-order chi connectivity index (χ0) is 21.3. The summed E-state index contributed by atoms with van der Waals surface area (Å²) in [5, 5.41) is 9.53. The number of ether oxygens (including phenoxy) is 1. The fraction of sp³-hybridized carbons (Fsp3) is 0.0870. The SMILES string of the molecule is COc1ccc(-c2cc(-c3ccc(-c4cc(C)ccc4S(N)(=O)=O)cc3)on2)cc1. The molecule has 4 aromatic rings. The lowest BCUT2D eigenvalue weighted by molar-refractivity contribution is 0.415. The minimum absolute atomic E-state index is 0.0994. The number of nitrogens with two attached hydrogens (primary N) is 1. The summed E-state index contributed by atoms with van der Waals surface area (Å²) in [6.07, 6.45) is 0. The van der Waals surface area contributed by atoms with E-state index in [0.717, 1.165) is 28.0 Å². The quantitative estimate of drug-likeness (QED) is 0.507. The molecule has 2 N–H and O–H groups in total. The first-order chi connectivity index (χ1) is 14.3. The maximum Gasteiger partial charge on any atom is 0.238 e. The largest absolute Gasteiger partial charge is 0.497 e. The van der Waals surface area contributed by atoms with E-state index in [1.54, 1.807) is 13.2 Å². The van der Waals surface area contributed by atoms with E-state index in [0.29, 0.717) is 17.0 Å². The molecular formula is C23H20N2O4S. The molecule has 0 aliphatic heterocycles. The summed E-state index contributed by atoms with van der Waals surface area (Å²) in [6.45, 7) is 1.90. The van der Waals surface area contributed by atoms with E-state index in [9.17, 15) is 8.42 Å². The van der Waals surface area contributed by atoms with Crippen molar-refractivity contribution in [2.75, 3.05) is 7.11 Å². The highest BCUT2D eigenvalue weighted by Gasteiger charge is 2.16. The summed E-state index contributed by atoms with van der Waals surface area (Å²) >= 11 is 0. The van der Waals surface area contributed by atoms with E-state index in [1.165, 1.54) is 6.07 Å². The van der Waals surface area contributed by atoms with E-state index in [4.69, 9.17) is 14.4 Å². The van der Waals surface area contributed by atoms with Crippen molar-refractivity contribution in [2.24, 2.45) is 5.14 Å². The molecular weight excluding hydrogens is 400 g/mol. The Kier molecular flexibility index (Phi) is 5.15. The Bertz CT molecular complexity index is 1290. The highest BCUT2D eigenvalue weighted by atomic mass is 32.2. The number of rotatable bonds is 5. The topological polar surface area (TPSA) is 95.4 Å². The fourth-order valence-corrected chi connectivity index (χ4v) is 3.98. The van der Waals surface area contributed by atoms with Crippen molar-refractivity contribution < 1.29 is 17.7 Å². The van der Waals surface area contributed by atoms with Crippen LogP contribution >= 0.6 is 0 Å². The molecule has 0 aliphatic carbocycles. The number of sulfonamides is 1. The Hall–Kier alpha value is -3.42. The lowest BCUT2D eigenvalue weighted by atomic mass is 10.0. The van der Waals surface area contributed by atoms with E-state index >= 15 is 0 Å². The Morgan fingerprint density at radius 2 is 1.50 bits per heavy atom. The second kappa shape index (κ2) is 7.78. The molecule has 0 unspecified atom stereocenters. The molecule has 0 amide bonds. The van der Waals surface area contributed by atoms with E-state index in [1.807, 2.05) is 67.6 Å². The van der Waals surface area contributed by atoms with Crippen LogP contribution in [0.3, 0.4) is 0 Å². The average Bonchev–Trinajstić information content (AvgIpc) is 3.23. The monoisotopic (exact) mass is 420 g/mol. The van der Waals surface area contributed by atoms with Crippen LogP contribution in [0.15, 0.2) is 82.2 Å². The van der Waals surface area contributed by atoms with Gasteiger partial charge in [-0.15, -0.1) is 0 Å². The second-order valence-corrected chi connectivity index (χ2v) is 8.46. The maximum absolute atomic E-state index is 12.0. The van der Waals surface area contributed by atoms with Gasteiger partial charge in [0.15, 0.2) is 5.76 Å². The van der Waals surface area contributed by atoms with Gasteiger partial charge in [0.25, 0.3) is 0 Å². The van der Waals surface area contributed by atoms with E-state index in [-0.39, 0.29) is 4.90 Å². The molecule has 0 saturated carbocycles. The van der Waals surface area contributed by atoms with Crippen molar-refractivity contribution >= 4 is 10.0 Å². The van der Waals surface area contributed by atoms with Gasteiger partial charge >= 0.3 is 0 Å². The van der Waals surface area contributed by atoms with Crippen LogP contribution in [-0.4, -0.2) is 20.7 Å². The van der Waals surface area contributed by atoms with Gasteiger partial charge in [-0.05, 0) is 42.8 Å². The number of primary sulfonamides is 1. The van der Waals surface area contributed by atoms with Crippen molar-refractivity contribution in [3.8, 4) is 39.5 Å². The summed E-state index contributed by atoms with van der Waals surface area (Å²) < 4.78 is 34.6. The van der Waals surface area contributed by atoms with Gasteiger partial charge in [0.1, 0.15) is 11.4 Å². The van der Waals surface area contributed by atoms with E-state index in [2.05, 4.69) is 5.16 Å². The molecule has 30 heavy (non-hydrogen) atoms. The molecule has 0 saturated heterocycles. The molecule has 0 spiro atoms. The summed E-state index contributed by atoms with van der Waals surface area (Å²) in [5.41, 5.74) is 4.73. The summed E-state index contributed by atoms with van der Waals surface area (Å²) in [6, 6.07) is 21.9. The first-order valence-corrected chi connectivity index (χ1v) is 10.8. The maximum atomic E-state index is 12.0. The predicted octanol–water partition coefficient (Wildman–Crippen LogP) is 4.64. The number of hydrogen-bond donors (Lipinski definition) is 1. The molecule has 0 radical (unpaired) electrons. The molecule has 6 nitrogen and oxygen atoms in total. The molecule has 0 bridgehead atoms. The number of aromatic nitrogens is 1. The Morgan fingerprint density at radius 3 is 2.13 bits per heavy atom. The average molecular weight is 420 g/mol. The van der Waals surface area contributed by atoms with Crippen molar-refractivity contribution in [3.05, 3.63) is 78.4 Å².